The molecular weight excluding hydrogens is 410 g/mol. The Bertz CT molecular complexity index is 1780. The summed E-state index contributed by atoms with van der Waals surface area (Å²) in [5.74, 6) is 0.779. The third-order valence-electron chi connectivity index (χ3n) is 5.95. The summed E-state index contributed by atoms with van der Waals surface area (Å²) in [5, 5.41) is 2.99. The SMILES string of the molecule is c1ccc(N(c2cnc3c(c2)oc2ccccc23)c2nccc3oc4ccccc4c23)cc1. The van der Waals surface area contributed by atoms with E-state index >= 15 is 0 Å². The number of hydrogen-bond donors (Lipinski definition) is 0. The van der Waals surface area contributed by atoms with Gasteiger partial charge >= 0.3 is 0 Å². The normalized spacial score (nSPS) is 11.6. The molecule has 5 heteroatoms. The smallest absolute Gasteiger partial charge is 0.155 e. The summed E-state index contributed by atoms with van der Waals surface area (Å²) < 4.78 is 12.3. The van der Waals surface area contributed by atoms with Crippen LogP contribution in [0.1, 0.15) is 0 Å². The first kappa shape index (κ1) is 18.0. The van der Waals surface area contributed by atoms with Gasteiger partial charge in [0, 0.05) is 28.7 Å². The van der Waals surface area contributed by atoms with Crippen LogP contribution in [0.5, 0.6) is 0 Å². The number of pyridine rings is 2. The number of para-hydroxylation sites is 3. The minimum absolute atomic E-state index is 0.735. The van der Waals surface area contributed by atoms with Crippen molar-refractivity contribution < 1.29 is 8.83 Å². The highest BCUT2D eigenvalue weighted by Gasteiger charge is 2.21. The lowest BCUT2D eigenvalue weighted by Gasteiger charge is -2.24. The molecule has 7 rings (SSSR count). The lowest BCUT2D eigenvalue weighted by molar-refractivity contribution is 0.668. The Morgan fingerprint density at radius 3 is 2.12 bits per heavy atom. The summed E-state index contributed by atoms with van der Waals surface area (Å²) in [6.07, 6.45) is 3.66. The van der Waals surface area contributed by atoms with Crippen LogP contribution < -0.4 is 4.90 Å². The Balaban J connectivity index is 1.53. The monoisotopic (exact) mass is 427 g/mol. The molecule has 33 heavy (non-hydrogen) atoms. The van der Waals surface area contributed by atoms with Gasteiger partial charge in [-0.3, -0.25) is 4.90 Å². The van der Waals surface area contributed by atoms with Crippen molar-refractivity contribution in [2.75, 3.05) is 4.90 Å². The molecule has 4 aromatic heterocycles. The third-order valence-corrected chi connectivity index (χ3v) is 5.95. The van der Waals surface area contributed by atoms with Gasteiger partial charge < -0.3 is 8.83 Å². The van der Waals surface area contributed by atoms with Crippen molar-refractivity contribution in [1.29, 1.82) is 0 Å². The van der Waals surface area contributed by atoms with Gasteiger partial charge in [0.25, 0.3) is 0 Å². The van der Waals surface area contributed by atoms with E-state index in [9.17, 15) is 0 Å². The molecule has 0 aliphatic rings. The van der Waals surface area contributed by atoms with E-state index in [2.05, 4.69) is 23.1 Å². The maximum absolute atomic E-state index is 6.13. The second kappa shape index (κ2) is 6.93. The van der Waals surface area contributed by atoms with E-state index in [0.717, 1.165) is 61.2 Å². The highest BCUT2D eigenvalue weighted by atomic mass is 16.3. The molecule has 0 aliphatic carbocycles. The molecule has 0 radical (unpaired) electrons. The van der Waals surface area contributed by atoms with Gasteiger partial charge in [0.2, 0.25) is 0 Å². The van der Waals surface area contributed by atoms with Crippen molar-refractivity contribution in [2.24, 2.45) is 0 Å². The summed E-state index contributed by atoms with van der Waals surface area (Å²) in [6, 6.07) is 30.1. The van der Waals surface area contributed by atoms with Gasteiger partial charge in [-0.15, -0.1) is 0 Å². The van der Waals surface area contributed by atoms with Crippen molar-refractivity contribution in [3.63, 3.8) is 0 Å². The Morgan fingerprint density at radius 2 is 1.27 bits per heavy atom. The van der Waals surface area contributed by atoms with Crippen LogP contribution in [0, 0.1) is 0 Å². The van der Waals surface area contributed by atoms with E-state index in [0.29, 0.717) is 0 Å². The molecule has 7 aromatic rings. The highest BCUT2D eigenvalue weighted by molar-refractivity contribution is 6.12. The van der Waals surface area contributed by atoms with E-state index in [1.54, 1.807) is 6.20 Å². The van der Waals surface area contributed by atoms with Gasteiger partial charge in [0.05, 0.1) is 17.3 Å². The van der Waals surface area contributed by atoms with E-state index in [1.807, 2.05) is 79.0 Å². The zero-order valence-electron chi connectivity index (χ0n) is 17.5. The average molecular weight is 427 g/mol. The molecule has 0 N–H and O–H groups in total. The zero-order chi connectivity index (χ0) is 21.8. The fourth-order valence-corrected chi connectivity index (χ4v) is 4.50. The molecule has 156 valence electrons. The largest absolute Gasteiger partial charge is 0.456 e. The van der Waals surface area contributed by atoms with E-state index in [1.165, 1.54) is 0 Å². The van der Waals surface area contributed by atoms with Crippen molar-refractivity contribution in [3.8, 4) is 0 Å². The van der Waals surface area contributed by atoms with Crippen LogP contribution >= 0.6 is 0 Å². The van der Waals surface area contributed by atoms with Crippen LogP contribution in [0.3, 0.4) is 0 Å². The summed E-state index contributed by atoms with van der Waals surface area (Å²) in [4.78, 5) is 11.7. The van der Waals surface area contributed by atoms with Crippen molar-refractivity contribution in [2.45, 2.75) is 0 Å². The summed E-state index contributed by atoms with van der Waals surface area (Å²) in [5.41, 5.74) is 5.87. The molecule has 4 heterocycles. The first-order valence-corrected chi connectivity index (χ1v) is 10.8. The second-order valence-corrected chi connectivity index (χ2v) is 7.92. The number of rotatable bonds is 3. The number of furan rings is 2. The lowest BCUT2D eigenvalue weighted by atomic mass is 10.1. The maximum Gasteiger partial charge on any atom is 0.155 e. The van der Waals surface area contributed by atoms with Crippen LogP contribution in [-0.4, -0.2) is 9.97 Å². The predicted molar refractivity (Wildman–Crippen MR) is 131 cm³/mol. The van der Waals surface area contributed by atoms with Gasteiger partial charge in [0.1, 0.15) is 28.1 Å². The predicted octanol–water partition coefficient (Wildman–Crippen LogP) is 7.75. The van der Waals surface area contributed by atoms with Gasteiger partial charge in [0.15, 0.2) is 5.58 Å². The summed E-state index contributed by atoms with van der Waals surface area (Å²) in [7, 11) is 0. The zero-order valence-corrected chi connectivity index (χ0v) is 17.5. The minimum Gasteiger partial charge on any atom is -0.456 e. The second-order valence-electron chi connectivity index (χ2n) is 7.92. The number of hydrogen-bond acceptors (Lipinski definition) is 5. The molecule has 0 spiro atoms. The molecule has 0 saturated heterocycles. The quantitative estimate of drug-likeness (QED) is 0.289. The summed E-state index contributed by atoms with van der Waals surface area (Å²) >= 11 is 0. The Morgan fingerprint density at radius 1 is 0.576 bits per heavy atom. The molecular formula is C28H17N3O2. The molecule has 0 unspecified atom stereocenters. The number of anilines is 3. The van der Waals surface area contributed by atoms with Crippen LogP contribution in [-0.2, 0) is 0 Å². The van der Waals surface area contributed by atoms with Crippen LogP contribution in [0.4, 0.5) is 17.2 Å². The highest BCUT2D eigenvalue weighted by Crippen LogP contribution is 2.42. The third kappa shape index (κ3) is 2.72. The fraction of sp³-hybridized carbons (Fsp3) is 0. The van der Waals surface area contributed by atoms with Gasteiger partial charge in [-0.25, -0.2) is 9.97 Å². The van der Waals surface area contributed by atoms with Gasteiger partial charge in [-0.05, 0) is 36.4 Å². The first-order chi connectivity index (χ1) is 16.4. The Kier molecular flexibility index (Phi) is 3.78. The van der Waals surface area contributed by atoms with E-state index in [-0.39, 0.29) is 0 Å². The molecule has 0 amide bonds. The molecule has 0 atom stereocenters. The number of fused-ring (bicyclic) bond motifs is 6. The molecule has 0 saturated carbocycles. The number of benzene rings is 3. The lowest BCUT2D eigenvalue weighted by Crippen LogP contribution is -2.12. The van der Waals surface area contributed by atoms with Crippen LogP contribution in [0.2, 0.25) is 0 Å². The average Bonchev–Trinajstić information content (AvgIpc) is 3.43. The molecule has 0 aliphatic heterocycles. The Hall–Kier alpha value is -4.64. The fourth-order valence-electron chi connectivity index (χ4n) is 4.50. The minimum atomic E-state index is 0.735. The summed E-state index contributed by atoms with van der Waals surface area (Å²) in [6.45, 7) is 0. The Labute approximate surface area is 188 Å². The molecule has 0 fully saturated rings. The topological polar surface area (TPSA) is 55.3 Å². The number of aromatic nitrogens is 2. The number of nitrogens with zero attached hydrogens (tertiary/aromatic N) is 3. The van der Waals surface area contributed by atoms with E-state index in [4.69, 9.17) is 18.8 Å². The van der Waals surface area contributed by atoms with E-state index < -0.39 is 0 Å². The van der Waals surface area contributed by atoms with Crippen LogP contribution in [0.25, 0.3) is 44.0 Å². The molecule has 0 bridgehead atoms. The van der Waals surface area contributed by atoms with Gasteiger partial charge in [-0.1, -0.05) is 48.5 Å². The van der Waals surface area contributed by atoms with Crippen molar-refractivity contribution in [1.82, 2.24) is 9.97 Å². The maximum atomic E-state index is 6.13. The molecule has 3 aromatic carbocycles. The van der Waals surface area contributed by atoms with Gasteiger partial charge in [-0.2, -0.15) is 0 Å². The van der Waals surface area contributed by atoms with Crippen LogP contribution in [0.15, 0.2) is 112 Å². The first-order valence-electron chi connectivity index (χ1n) is 10.8. The van der Waals surface area contributed by atoms with Crippen molar-refractivity contribution >= 4 is 61.2 Å². The molecule has 5 nitrogen and oxygen atoms in total. The van der Waals surface area contributed by atoms with Crippen molar-refractivity contribution in [3.05, 3.63) is 103 Å². The standard InChI is InChI=1S/C28H17N3O2/c1-2-8-18(9-3-1)31(19-16-25-27(30-17-19)21-11-5-7-13-23(21)33-25)28-26-20-10-4-6-12-22(20)32-24(26)14-15-29-28/h1-17H.